The summed E-state index contributed by atoms with van der Waals surface area (Å²) >= 11 is 0. The quantitative estimate of drug-likeness (QED) is 0.503. The molecule has 2 amide bonds. The molecule has 34 heavy (non-hydrogen) atoms. The van der Waals surface area contributed by atoms with Crippen LogP contribution in [-0.4, -0.2) is 30.1 Å². The maximum Gasteiger partial charge on any atom is 0.408 e. The summed E-state index contributed by atoms with van der Waals surface area (Å²) in [5.41, 5.74) is 1.73. The predicted molar refractivity (Wildman–Crippen MR) is 129 cm³/mol. The molecule has 7 nitrogen and oxygen atoms in total. The number of alkyl carbamates (subject to hydrolysis) is 1. The van der Waals surface area contributed by atoms with Crippen LogP contribution in [0, 0.1) is 5.92 Å². The molecule has 2 aromatic carbocycles. The van der Waals surface area contributed by atoms with Crippen LogP contribution in [0.25, 0.3) is 0 Å². The van der Waals surface area contributed by atoms with Gasteiger partial charge < -0.3 is 20.1 Å². The lowest BCUT2D eigenvalue weighted by Gasteiger charge is -2.31. The molecule has 0 radical (unpaired) electrons. The van der Waals surface area contributed by atoms with Gasteiger partial charge in [-0.05, 0) is 36.3 Å². The standard InChI is InChI=1S/C27H34N2O5/c1-20-10-8-9-15-23(20)28-26(31)24(29-27(32)34-19-22-13-6-3-7-14-22)16-17-25(30)33-18-21-11-4-2-5-12-21/h2-7,11-14,20,23-24H,8-10,15-19H2,1H3,(H,28,31)(H,29,32)/t20-,23-,24-/m0/s1. The van der Waals surface area contributed by atoms with Crippen LogP contribution in [-0.2, 0) is 32.3 Å². The van der Waals surface area contributed by atoms with Crippen molar-refractivity contribution in [2.24, 2.45) is 5.92 Å². The van der Waals surface area contributed by atoms with Gasteiger partial charge in [0.05, 0.1) is 0 Å². The Bertz CT molecular complexity index is 919. The Balaban J connectivity index is 1.54. The molecule has 1 aliphatic rings. The summed E-state index contributed by atoms with van der Waals surface area (Å²) in [6.07, 6.45) is 3.64. The number of amides is 2. The zero-order chi connectivity index (χ0) is 24.2. The third kappa shape index (κ3) is 8.54. The Hall–Kier alpha value is -3.35. The second-order valence-corrected chi connectivity index (χ2v) is 8.82. The molecule has 2 aromatic rings. The van der Waals surface area contributed by atoms with E-state index < -0.39 is 18.1 Å². The van der Waals surface area contributed by atoms with E-state index in [9.17, 15) is 14.4 Å². The SMILES string of the molecule is C[C@H]1CCCC[C@@H]1NC(=O)[C@H](CCC(=O)OCc1ccccc1)NC(=O)OCc1ccccc1. The molecule has 0 unspecified atom stereocenters. The maximum absolute atomic E-state index is 13.0. The Morgan fingerprint density at radius 2 is 1.47 bits per heavy atom. The molecule has 0 bridgehead atoms. The van der Waals surface area contributed by atoms with Gasteiger partial charge in [0.25, 0.3) is 0 Å². The summed E-state index contributed by atoms with van der Waals surface area (Å²) in [5.74, 6) is -0.349. The number of hydrogen-bond acceptors (Lipinski definition) is 5. The zero-order valence-electron chi connectivity index (χ0n) is 19.7. The number of carbonyl (C=O) groups is 3. The first-order chi connectivity index (χ1) is 16.5. The van der Waals surface area contributed by atoms with Crippen LogP contribution < -0.4 is 10.6 Å². The molecule has 2 N–H and O–H groups in total. The van der Waals surface area contributed by atoms with Gasteiger partial charge in [-0.3, -0.25) is 9.59 Å². The normalized spacial score (nSPS) is 18.4. The van der Waals surface area contributed by atoms with Crippen LogP contribution in [0.2, 0.25) is 0 Å². The summed E-state index contributed by atoms with van der Waals surface area (Å²) in [6, 6.07) is 17.9. The van der Waals surface area contributed by atoms with E-state index in [1.165, 1.54) is 0 Å². The lowest BCUT2D eigenvalue weighted by Crippen LogP contribution is -2.51. The smallest absolute Gasteiger partial charge is 0.408 e. The van der Waals surface area contributed by atoms with Crippen LogP contribution in [0.15, 0.2) is 60.7 Å². The van der Waals surface area contributed by atoms with Crippen molar-refractivity contribution in [1.82, 2.24) is 10.6 Å². The average Bonchev–Trinajstić information content (AvgIpc) is 2.86. The van der Waals surface area contributed by atoms with E-state index in [0.717, 1.165) is 36.8 Å². The number of carbonyl (C=O) groups excluding carboxylic acids is 3. The first-order valence-corrected chi connectivity index (χ1v) is 12.0. The fraction of sp³-hybridized carbons (Fsp3) is 0.444. The Kier molecular flexibility index (Phi) is 9.95. The van der Waals surface area contributed by atoms with Crippen molar-refractivity contribution in [2.75, 3.05) is 0 Å². The monoisotopic (exact) mass is 466 g/mol. The molecule has 3 atom stereocenters. The zero-order valence-corrected chi connectivity index (χ0v) is 19.7. The highest BCUT2D eigenvalue weighted by Crippen LogP contribution is 2.24. The number of nitrogens with one attached hydrogen (secondary N) is 2. The van der Waals surface area contributed by atoms with E-state index in [4.69, 9.17) is 9.47 Å². The highest BCUT2D eigenvalue weighted by molar-refractivity contribution is 5.86. The van der Waals surface area contributed by atoms with Gasteiger partial charge in [-0.1, -0.05) is 80.4 Å². The third-order valence-electron chi connectivity index (χ3n) is 6.14. The summed E-state index contributed by atoms with van der Waals surface area (Å²) < 4.78 is 10.6. The minimum atomic E-state index is -0.887. The number of ether oxygens (including phenoxy) is 2. The highest BCUT2D eigenvalue weighted by Gasteiger charge is 2.28. The fourth-order valence-electron chi connectivity index (χ4n) is 4.06. The van der Waals surface area contributed by atoms with Crippen molar-refractivity contribution < 1.29 is 23.9 Å². The molecule has 3 rings (SSSR count). The maximum atomic E-state index is 13.0. The predicted octanol–water partition coefficient (Wildman–Crippen LogP) is 4.50. The van der Waals surface area contributed by atoms with Crippen LogP contribution >= 0.6 is 0 Å². The lowest BCUT2D eigenvalue weighted by atomic mass is 9.86. The Morgan fingerprint density at radius 3 is 2.09 bits per heavy atom. The largest absolute Gasteiger partial charge is 0.461 e. The molecular formula is C27H34N2O5. The topological polar surface area (TPSA) is 93.7 Å². The van der Waals surface area contributed by atoms with E-state index >= 15 is 0 Å². The van der Waals surface area contributed by atoms with E-state index in [1.54, 1.807) is 0 Å². The van der Waals surface area contributed by atoms with Crippen LogP contribution in [0.1, 0.15) is 56.6 Å². The van der Waals surface area contributed by atoms with Crippen molar-refractivity contribution in [1.29, 1.82) is 0 Å². The minimum absolute atomic E-state index is 0.00407. The van der Waals surface area contributed by atoms with Gasteiger partial charge in [0.2, 0.25) is 5.91 Å². The number of hydrogen-bond donors (Lipinski definition) is 2. The molecule has 0 heterocycles. The van der Waals surface area contributed by atoms with Gasteiger partial charge in [0.15, 0.2) is 0 Å². The molecule has 1 fully saturated rings. The molecule has 0 spiro atoms. The second kappa shape index (κ2) is 13.4. The van der Waals surface area contributed by atoms with Gasteiger partial charge >= 0.3 is 12.1 Å². The van der Waals surface area contributed by atoms with Crippen molar-refractivity contribution in [3.8, 4) is 0 Å². The molecule has 0 saturated heterocycles. The van der Waals surface area contributed by atoms with Crippen LogP contribution in [0.4, 0.5) is 4.79 Å². The molecule has 1 saturated carbocycles. The fourth-order valence-corrected chi connectivity index (χ4v) is 4.06. The van der Waals surface area contributed by atoms with E-state index in [-0.39, 0.29) is 38.0 Å². The molecule has 1 aliphatic carbocycles. The summed E-state index contributed by atoms with van der Waals surface area (Å²) in [4.78, 5) is 37.7. The Labute approximate surface area is 201 Å². The summed E-state index contributed by atoms with van der Waals surface area (Å²) in [6.45, 7) is 2.39. The molecule has 7 heteroatoms. The first-order valence-electron chi connectivity index (χ1n) is 12.0. The number of benzene rings is 2. The second-order valence-electron chi connectivity index (χ2n) is 8.82. The highest BCUT2D eigenvalue weighted by atomic mass is 16.5. The minimum Gasteiger partial charge on any atom is -0.461 e. The van der Waals surface area contributed by atoms with Gasteiger partial charge in [0, 0.05) is 12.5 Å². The third-order valence-corrected chi connectivity index (χ3v) is 6.14. The average molecular weight is 467 g/mol. The van der Waals surface area contributed by atoms with Gasteiger partial charge in [-0.25, -0.2) is 4.79 Å². The number of esters is 1. The van der Waals surface area contributed by atoms with Gasteiger partial charge in [0.1, 0.15) is 19.3 Å². The van der Waals surface area contributed by atoms with Crippen molar-refractivity contribution >= 4 is 18.0 Å². The van der Waals surface area contributed by atoms with Crippen LogP contribution in [0.3, 0.4) is 0 Å². The van der Waals surface area contributed by atoms with E-state index in [0.29, 0.717) is 5.92 Å². The molecular weight excluding hydrogens is 432 g/mol. The first kappa shape index (κ1) is 25.3. The molecule has 0 aliphatic heterocycles. The van der Waals surface area contributed by atoms with Crippen molar-refractivity contribution in [2.45, 2.75) is 70.7 Å². The van der Waals surface area contributed by atoms with Gasteiger partial charge in [-0.2, -0.15) is 0 Å². The van der Waals surface area contributed by atoms with Crippen molar-refractivity contribution in [3.63, 3.8) is 0 Å². The van der Waals surface area contributed by atoms with Gasteiger partial charge in [-0.15, -0.1) is 0 Å². The lowest BCUT2D eigenvalue weighted by molar-refractivity contribution is -0.145. The van der Waals surface area contributed by atoms with Crippen molar-refractivity contribution in [3.05, 3.63) is 71.8 Å². The van der Waals surface area contributed by atoms with Crippen LogP contribution in [0.5, 0.6) is 0 Å². The van der Waals surface area contributed by atoms with E-state index in [2.05, 4.69) is 17.6 Å². The summed E-state index contributed by atoms with van der Waals surface area (Å²) in [5, 5.41) is 5.71. The summed E-state index contributed by atoms with van der Waals surface area (Å²) in [7, 11) is 0. The number of rotatable bonds is 10. The molecule has 182 valence electrons. The van der Waals surface area contributed by atoms with E-state index in [1.807, 2.05) is 60.7 Å². The molecule has 0 aromatic heterocycles. The Morgan fingerprint density at radius 1 is 0.882 bits per heavy atom.